The lowest BCUT2D eigenvalue weighted by atomic mass is 9.98. The molecule has 0 unspecified atom stereocenters. The van der Waals surface area contributed by atoms with E-state index in [-0.39, 0.29) is 0 Å². The molecule has 0 amide bonds. The summed E-state index contributed by atoms with van der Waals surface area (Å²) < 4.78 is 9.13. The van der Waals surface area contributed by atoms with Crippen LogP contribution < -0.4 is 4.90 Å². The molecule has 0 aliphatic heterocycles. The first-order valence-electron chi connectivity index (χ1n) is 18.8. The summed E-state index contributed by atoms with van der Waals surface area (Å²) in [5, 5.41) is 6.86. The monoisotopic (exact) mass is 702 g/mol. The van der Waals surface area contributed by atoms with Gasteiger partial charge in [-0.2, -0.15) is 0 Å². The maximum Gasteiger partial charge on any atom is 0.143 e. The van der Waals surface area contributed by atoms with E-state index >= 15 is 0 Å². The van der Waals surface area contributed by atoms with E-state index in [0.29, 0.717) is 0 Å². The topological polar surface area (TPSA) is 21.3 Å². The molecule has 0 radical (unpaired) electrons. The Labute approximate surface area is 318 Å². The molecule has 9 aromatic carbocycles. The van der Waals surface area contributed by atoms with E-state index in [9.17, 15) is 0 Å². The minimum absolute atomic E-state index is 0.863. The van der Waals surface area contributed by atoms with Gasteiger partial charge in [0.25, 0.3) is 0 Å². The first-order chi connectivity index (χ1) is 27.3. The molecule has 2 heterocycles. The standard InChI is InChI=1S/C52H34N2O/c1-3-14-35(15-4-1)38-17-11-18-39(34-38)36-28-31-41(32-29-36)54(48-26-13-27-49-51(48)44-33-30-37-16-7-8-21-42(37)52(44)55-49)47-25-12-24-46-50(47)43-22-9-10-23-45(43)53(46)40-19-5-2-6-20-40/h1-34H. The summed E-state index contributed by atoms with van der Waals surface area (Å²) in [5.74, 6) is 0. The van der Waals surface area contributed by atoms with Gasteiger partial charge in [-0.3, -0.25) is 0 Å². The normalized spacial score (nSPS) is 11.6. The molecule has 2 aromatic heterocycles. The maximum absolute atomic E-state index is 6.74. The summed E-state index contributed by atoms with van der Waals surface area (Å²) >= 11 is 0. The number of fused-ring (bicyclic) bond motifs is 8. The van der Waals surface area contributed by atoms with Gasteiger partial charge in [0.15, 0.2) is 0 Å². The lowest BCUT2D eigenvalue weighted by molar-refractivity contribution is 0.672. The van der Waals surface area contributed by atoms with Crippen molar-refractivity contribution in [2.45, 2.75) is 0 Å². The Kier molecular flexibility index (Phi) is 7.17. The number of hydrogen-bond acceptors (Lipinski definition) is 2. The van der Waals surface area contributed by atoms with Crippen LogP contribution in [0.25, 0.3) is 82.5 Å². The van der Waals surface area contributed by atoms with E-state index in [1.807, 2.05) is 0 Å². The van der Waals surface area contributed by atoms with Gasteiger partial charge < -0.3 is 13.9 Å². The van der Waals surface area contributed by atoms with Gasteiger partial charge in [0, 0.05) is 32.9 Å². The second kappa shape index (κ2) is 12.6. The third-order valence-corrected chi connectivity index (χ3v) is 11.0. The molecule has 258 valence electrons. The van der Waals surface area contributed by atoms with Crippen LogP contribution in [0.1, 0.15) is 0 Å². The molecular weight excluding hydrogens is 669 g/mol. The van der Waals surface area contributed by atoms with Gasteiger partial charge in [-0.25, -0.2) is 0 Å². The number of rotatable bonds is 6. The van der Waals surface area contributed by atoms with Crippen LogP contribution in [0.15, 0.2) is 211 Å². The molecule has 0 N–H and O–H groups in total. The Morgan fingerprint density at radius 2 is 0.982 bits per heavy atom. The summed E-state index contributed by atoms with van der Waals surface area (Å²) in [4.78, 5) is 2.43. The van der Waals surface area contributed by atoms with Gasteiger partial charge in [-0.15, -0.1) is 0 Å². The average Bonchev–Trinajstić information content (AvgIpc) is 3.82. The minimum Gasteiger partial charge on any atom is -0.455 e. The fourth-order valence-electron chi connectivity index (χ4n) is 8.48. The Morgan fingerprint density at radius 1 is 0.382 bits per heavy atom. The smallest absolute Gasteiger partial charge is 0.143 e. The van der Waals surface area contributed by atoms with Crippen molar-refractivity contribution in [1.29, 1.82) is 0 Å². The molecular formula is C52H34N2O. The van der Waals surface area contributed by atoms with Gasteiger partial charge >= 0.3 is 0 Å². The molecule has 0 atom stereocenters. The van der Waals surface area contributed by atoms with Crippen LogP contribution in [0.2, 0.25) is 0 Å². The van der Waals surface area contributed by atoms with E-state index in [1.54, 1.807) is 0 Å². The van der Waals surface area contributed by atoms with E-state index in [1.165, 1.54) is 38.5 Å². The summed E-state index contributed by atoms with van der Waals surface area (Å²) in [5.41, 5.74) is 13.2. The summed E-state index contributed by atoms with van der Waals surface area (Å²) in [7, 11) is 0. The number of hydrogen-bond donors (Lipinski definition) is 0. The first-order valence-corrected chi connectivity index (χ1v) is 18.8. The number of nitrogens with zero attached hydrogens (tertiary/aromatic N) is 2. The van der Waals surface area contributed by atoms with Crippen LogP contribution in [-0.4, -0.2) is 4.57 Å². The quantitative estimate of drug-likeness (QED) is 0.172. The van der Waals surface area contributed by atoms with Crippen LogP contribution in [0.3, 0.4) is 0 Å². The number of para-hydroxylation sites is 2. The van der Waals surface area contributed by atoms with Crippen molar-refractivity contribution in [3.05, 3.63) is 206 Å². The summed E-state index contributed by atoms with van der Waals surface area (Å²) in [6.07, 6.45) is 0. The Hall–Kier alpha value is -7.36. The van der Waals surface area contributed by atoms with Crippen molar-refractivity contribution >= 4 is 71.6 Å². The van der Waals surface area contributed by atoms with Gasteiger partial charge in [-0.1, -0.05) is 140 Å². The zero-order chi connectivity index (χ0) is 36.3. The molecule has 3 heteroatoms. The first kappa shape index (κ1) is 31.2. The SMILES string of the molecule is c1ccc(-c2cccc(-c3ccc(N(c4cccc5oc6c7ccccc7ccc6c45)c4cccc5c4c4ccccc4n5-c4ccccc4)cc3)c2)cc1. The largest absolute Gasteiger partial charge is 0.455 e. The predicted molar refractivity (Wildman–Crippen MR) is 231 cm³/mol. The van der Waals surface area contributed by atoms with Crippen LogP contribution >= 0.6 is 0 Å². The van der Waals surface area contributed by atoms with Crippen LogP contribution in [0.5, 0.6) is 0 Å². The molecule has 11 aromatic rings. The van der Waals surface area contributed by atoms with Crippen molar-refractivity contribution in [3.63, 3.8) is 0 Å². The number of anilines is 3. The maximum atomic E-state index is 6.74. The van der Waals surface area contributed by atoms with Crippen molar-refractivity contribution < 1.29 is 4.42 Å². The predicted octanol–water partition coefficient (Wildman–Crippen LogP) is 14.6. The molecule has 55 heavy (non-hydrogen) atoms. The highest BCUT2D eigenvalue weighted by atomic mass is 16.3. The molecule has 0 spiro atoms. The van der Waals surface area contributed by atoms with Gasteiger partial charge in [0.05, 0.1) is 27.8 Å². The summed E-state index contributed by atoms with van der Waals surface area (Å²) in [6, 6.07) is 73.9. The molecule has 11 rings (SSSR count). The fourth-order valence-corrected chi connectivity index (χ4v) is 8.48. The van der Waals surface area contributed by atoms with Crippen LogP contribution in [0.4, 0.5) is 17.1 Å². The Balaban J connectivity index is 1.17. The van der Waals surface area contributed by atoms with Crippen molar-refractivity contribution in [2.75, 3.05) is 4.90 Å². The van der Waals surface area contributed by atoms with E-state index in [4.69, 9.17) is 4.42 Å². The Morgan fingerprint density at radius 3 is 1.78 bits per heavy atom. The molecule has 0 aliphatic carbocycles. The number of aromatic nitrogens is 1. The van der Waals surface area contributed by atoms with Gasteiger partial charge in [-0.05, 0) is 94.4 Å². The van der Waals surface area contributed by atoms with E-state index in [0.717, 1.165) is 61.0 Å². The second-order valence-electron chi connectivity index (χ2n) is 14.1. The number of benzene rings is 9. The molecule has 3 nitrogen and oxygen atoms in total. The molecule has 0 aliphatic rings. The fraction of sp³-hybridized carbons (Fsp3) is 0. The molecule has 0 fully saturated rings. The van der Waals surface area contributed by atoms with E-state index < -0.39 is 0 Å². The van der Waals surface area contributed by atoms with Crippen molar-refractivity contribution in [2.24, 2.45) is 0 Å². The lowest BCUT2D eigenvalue weighted by Gasteiger charge is -2.27. The highest BCUT2D eigenvalue weighted by Gasteiger charge is 2.24. The molecule has 0 saturated carbocycles. The highest BCUT2D eigenvalue weighted by Crippen LogP contribution is 2.48. The van der Waals surface area contributed by atoms with Crippen LogP contribution in [0, 0.1) is 0 Å². The average molecular weight is 703 g/mol. The third-order valence-electron chi connectivity index (χ3n) is 11.0. The lowest BCUT2D eigenvalue weighted by Crippen LogP contribution is -2.11. The minimum atomic E-state index is 0.863. The molecule has 0 bridgehead atoms. The zero-order valence-electron chi connectivity index (χ0n) is 29.9. The van der Waals surface area contributed by atoms with Crippen molar-refractivity contribution in [3.8, 4) is 27.9 Å². The second-order valence-corrected chi connectivity index (χ2v) is 14.1. The van der Waals surface area contributed by atoms with Crippen molar-refractivity contribution in [1.82, 2.24) is 4.57 Å². The third kappa shape index (κ3) is 5.05. The molecule has 0 saturated heterocycles. The van der Waals surface area contributed by atoms with Crippen LogP contribution in [-0.2, 0) is 0 Å². The van der Waals surface area contributed by atoms with Gasteiger partial charge in [0.1, 0.15) is 11.2 Å². The van der Waals surface area contributed by atoms with Gasteiger partial charge in [0.2, 0.25) is 0 Å². The van der Waals surface area contributed by atoms with E-state index in [2.05, 4.69) is 216 Å². The Bertz CT molecular complexity index is 3190. The highest BCUT2D eigenvalue weighted by molar-refractivity contribution is 6.22. The summed E-state index contributed by atoms with van der Waals surface area (Å²) in [6.45, 7) is 0. The number of furan rings is 1. The zero-order valence-corrected chi connectivity index (χ0v) is 29.9.